The summed E-state index contributed by atoms with van der Waals surface area (Å²) in [5.74, 6) is -1.10. The van der Waals surface area contributed by atoms with Crippen LogP contribution in [0.15, 0.2) is 54.6 Å². The van der Waals surface area contributed by atoms with Gasteiger partial charge in [-0.3, -0.25) is 9.59 Å². The van der Waals surface area contributed by atoms with E-state index < -0.39 is 17.9 Å². The molecule has 0 spiro atoms. The Morgan fingerprint density at radius 3 is 2.38 bits per heavy atom. The van der Waals surface area contributed by atoms with Gasteiger partial charge in [0.2, 0.25) is 11.0 Å². The van der Waals surface area contributed by atoms with Crippen molar-refractivity contribution in [3.63, 3.8) is 0 Å². The first-order valence-corrected chi connectivity index (χ1v) is 8.67. The lowest BCUT2D eigenvalue weighted by atomic mass is 10.1. The van der Waals surface area contributed by atoms with Gasteiger partial charge in [-0.25, -0.2) is 0 Å². The average Bonchev–Trinajstić information content (AvgIpc) is 3.08. The van der Waals surface area contributed by atoms with Crippen LogP contribution in [0.4, 0.5) is 10.8 Å². The fourth-order valence-electron chi connectivity index (χ4n) is 2.22. The van der Waals surface area contributed by atoms with Gasteiger partial charge in [-0.05, 0) is 31.2 Å². The fraction of sp³-hybridized carbons (Fsp3) is 0.111. The number of hydrogen-bond acceptors (Lipinski definition) is 6. The molecular formula is C18H17N5O2S. The van der Waals surface area contributed by atoms with E-state index in [0.717, 1.165) is 22.6 Å². The number of carbonyl (C=O) groups excluding carboxylic acids is 2. The molecule has 0 bridgehead atoms. The number of rotatable bonds is 6. The van der Waals surface area contributed by atoms with E-state index in [0.29, 0.717) is 15.7 Å². The normalized spacial score (nSPS) is 11.6. The van der Waals surface area contributed by atoms with Gasteiger partial charge < -0.3 is 16.4 Å². The predicted octanol–water partition coefficient (Wildman–Crippen LogP) is 2.55. The van der Waals surface area contributed by atoms with E-state index in [2.05, 4.69) is 20.8 Å². The van der Waals surface area contributed by atoms with Crippen molar-refractivity contribution in [1.29, 1.82) is 0 Å². The van der Waals surface area contributed by atoms with Crippen molar-refractivity contribution in [3.05, 3.63) is 70.7 Å². The number of aromatic nitrogens is 2. The largest absolute Gasteiger partial charge is 0.367 e. The molecule has 1 heterocycles. The van der Waals surface area contributed by atoms with Crippen LogP contribution in [0.3, 0.4) is 0 Å². The van der Waals surface area contributed by atoms with Gasteiger partial charge in [0.05, 0.1) is 0 Å². The second-order valence-electron chi connectivity index (χ2n) is 5.61. The summed E-state index contributed by atoms with van der Waals surface area (Å²) < 4.78 is 0. The zero-order chi connectivity index (χ0) is 18.5. The van der Waals surface area contributed by atoms with Gasteiger partial charge in [-0.2, -0.15) is 0 Å². The Balaban J connectivity index is 1.75. The number of nitrogens with zero attached hydrogens (tertiary/aromatic N) is 2. The lowest BCUT2D eigenvalue weighted by molar-refractivity contribution is -0.120. The minimum Gasteiger partial charge on any atom is -0.367 e. The Morgan fingerprint density at radius 1 is 1.04 bits per heavy atom. The number of nitrogens with one attached hydrogen (secondary N) is 2. The number of para-hydroxylation sites is 1. The molecule has 0 saturated carbocycles. The maximum Gasteiger partial charge on any atom is 0.252 e. The van der Waals surface area contributed by atoms with Crippen LogP contribution in [0.1, 0.15) is 27.0 Å². The minimum atomic E-state index is -1.05. The van der Waals surface area contributed by atoms with Gasteiger partial charge in [0.25, 0.3) is 5.91 Å². The zero-order valence-corrected chi connectivity index (χ0v) is 14.8. The number of primary amides is 1. The van der Waals surface area contributed by atoms with E-state index in [4.69, 9.17) is 5.73 Å². The number of amides is 2. The summed E-state index contributed by atoms with van der Waals surface area (Å²) in [6.07, 6.45) is 0. The number of aryl methyl sites for hydroxylation is 1. The number of benzene rings is 2. The molecule has 26 heavy (non-hydrogen) atoms. The Labute approximate surface area is 154 Å². The van der Waals surface area contributed by atoms with Gasteiger partial charge >= 0.3 is 0 Å². The van der Waals surface area contributed by atoms with Crippen LogP contribution in [-0.2, 0) is 4.79 Å². The Bertz CT molecular complexity index is 909. The molecule has 2 aromatic carbocycles. The summed E-state index contributed by atoms with van der Waals surface area (Å²) in [5.41, 5.74) is 7.76. The number of carbonyl (C=O) groups is 2. The van der Waals surface area contributed by atoms with Gasteiger partial charge in [0, 0.05) is 11.3 Å². The molecule has 2 amide bonds. The summed E-state index contributed by atoms with van der Waals surface area (Å²) in [7, 11) is 0. The summed E-state index contributed by atoms with van der Waals surface area (Å²) in [6, 6.07) is 15.4. The minimum absolute atomic E-state index is 0.316. The highest BCUT2D eigenvalue weighted by atomic mass is 32.1. The molecule has 132 valence electrons. The molecular weight excluding hydrogens is 350 g/mol. The quantitative estimate of drug-likeness (QED) is 0.620. The van der Waals surface area contributed by atoms with Crippen molar-refractivity contribution < 1.29 is 9.59 Å². The third kappa shape index (κ3) is 4.22. The molecule has 0 aliphatic carbocycles. The first-order chi connectivity index (χ1) is 12.5. The summed E-state index contributed by atoms with van der Waals surface area (Å²) >= 11 is 1.15. The molecule has 0 aliphatic heterocycles. The summed E-state index contributed by atoms with van der Waals surface area (Å²) in [4.78, 5) is 24.2. The average molecular weight is 367 g/mol. The van der Waals surface area contributed by atoms with Crippen molar-refractivity contribution in [2.75, 3.05) is 5.32 Å². The third-order valence-corrected chi connectivity index (χ3v) is 4.49. The lowest BCUT2D eigenvalue weighted by Crippen LogP contribution is -2.37. The van der Waals surface area contributed by atoms with Gasteiger partial charge in [-0.15, -0.1) is 10.2 Å². The Morgan fingerprint density at radius 2 is 1.73 bits per heavy atom. The molecule has 0 radical (unpaired) electrons. The van der Waals surface area contributed by atoms with Crippen LogP contribution in [0, 0.1) is 6.92 Å². The molecule has 1 aromatic heterocycles. The Kier molecular flexibility index (Phi) is 5.23. The number of nitrogens with two attached hydrogens (primary N) is 1. The zero-order valence-electron chi connectivity index (χ0n) is 14.0. The smallest absolute Gasteiger partial charge is 0.252 e. The van der Waals surface area contributed by atoms with Crippen molar-refractivity contribution in [2.24, 2.45) is 5.73 Å². The Hall–Kier alpha value is -3.26. The van der Waals surface area contributed by atoms with Crippen LogP contribution in [-0.4, -0.2) is 22.0 Å². The van der Waals surface area contributed by atoms with Crippen LogP contribution < -0.4 is 16.4 Å². The van der Waals surface area contributed by atoms with E-state index in [1.54, 1.807) is 12.1 Å². The maximum absolute atomic E-state index is 12.4. The monoisotopic (exact) mass is 367 g/mol. The van der Waals surface area contributed by atoms with E-state index in [1.807, 2.05) is 49.4 Å². The van der Waals surface area contributed by atoms with Crippen LogP contribution in [0.25, 0.3) is 0 Å². The number of anilines is 2. The van der Waals surface area contributed by atoms with Gasteiger partial charge in [-0.1, -0.05) is 47.2 Å². The maximum atomic E-state index is 12.4. The van der Waals surface area contributed by atoms with Crippen molar-refractivity contribution in [2.45, 2.75) is 13.0 Å². The van der Waals surface area contributed by atoms with E-state index in [-0.39, 0.29) is 0 Å². The van der Waals surface area contributed by atoms with Crippen LogP contribution in [0.5, 0.6) is 0 Å². The fourth-order valence-corrected chi connectivity index (χ4v) is 3.04. The molecule has 0 saturated heterocycles. The van der Waals surface area contributed by atoms with E-state index in [9.17, 15) is 9.59 Å². The SMILES string of the molecule is Cc1ccc(C(=O)NC(C(N)=O)c2nnc(Nc3ccccc3)s2)cc1. The van der Waals surface area contributed by atoms with Crippen LogP contribution >= 0.6 is 11.3 Å². The molecule has 0 fully saturated rings. The second-order valence-corrected chi connectivity index (χ2v) is 6.62. The number of hydrogen-bond donors (Lipinski definition) is 3. The highest BCUT2D eigenvalue weighted by Gasteiger charge is 2.25. The lowest BCUT2D eigenvalue weighted by Gasteiger charge is -2.12. The van der Waals surface area contributed by atoms with E-state index in [1.165, 1.54) is 0 Å². The van der Waals surface area contributed by atoms with Crippen molar-refractivity contribution in [1.82, 2.24) is 15.5 Å². The van der Waals surface area contributed by atoms with Crippen LogP contribution in [0.2, 0.25) is 0 Å². The third-order valence-electron chi connectivity index (χ3n) is 3.59. The first kappa shape index (κ1) is 17.6. The molecule has 4 N–H and O–H groups in total. The predicted molar refractivity (Wildman–Crippen MR) is 100 cm³/mol. The standard InChI is InChI=1S/C18H17N5O2S/c1-11-7-9-12(10-8-11)16(25)21-14(15(19)24)17-22-23-18(26-17)20-13-5-3-2-4-6-13/h2-10,14H,1H3,(H2,19,24)(H,20,23)(H,21,25). The summed E-state index contributed by atoms with van der Waals surface area (Å²) in [6.45, 7) is 1.93. The molecule has 3 aromatic rings. The molecule has 8 heteroatoms. The topological polar surface area (TPSA) is 110 Å². The van der Waals surface area contributed by atoms with Gasteiger partial charge in [0.15, 0.2) is 11.0 Å². The second kappa shape index (κ2) is 7.75. The molecule has 7 nitrogen and oxygen atoms in total. The molecule has 0 aliphatic rings. The first-order valence-electron chi connectivity index (χ1n) is 7.85. The van der Waals surface area contributed by atoms with Gasteiger partial charge in [0.1, 0.15) is 0 Å². The summed E-state index contributed by atoms with van der Waals surface area (Å²) in [5, 5.41) is 14.5. The van der Waals surface area contributed by atoms with Crippen molar-refractivity contribution >= 4 is 34.0 Å². The molecule has 3 rings (SSSR count). The molecule has 1 atom stereocenters. The highest BCUT2D eigenvalue weighted by molar-refractivity contribution is 7.15. The van der Waals surface area contributed by atoms with Crippen molar-refractivity contribution in [3.8, 4) is 0 Å². The molecule has 1 unspecified atom stereocenters. The van der Waals surface area contributed by atoms with E-state index >= 15 is 0 Å². The highest BCUT2D eigenvalue weighted by Crippen LogP contribution is 2.25.